The Kier molecular flexibility index (Phi) is 6.79. The highest BCUT2D eigenvalue weighted by molar-refractivity contribution is 7.88. The van der Waals surface area contributed by atoms with Crippen LogP contribution < -0.4 is 25.6 Å². The van der Waals surface area contributed by atoms with Crippen LogP contribution in [-0.2, 0) is 10.0 Å². The summed E-state index contributed by atoms with van der Waals surface area (Å²) < 4.78 is 29.6. The SMILES string of the molecule is COc1ccc(C2NNCC2CNCCCNS(C)(=O)=O)cc1. The molecule has 1 aromatic rings. The van der Waals surface area contributed by atoms with Gasteiger partial charge in [-0.1, -0.05) is 12.1 Å². The molecule has 0 amide bonds. The number of benzene rings is 1. The first kappa shape index (κ1) is 18.2. The van der Waals surface area contributed by atoms with Gasteiger partial charge in [-0.15, -0.1) is 0 Å². The lowest BCUT2D eigenvalue weighted by atomic mass is 9.95. The minimum absolute atomic E-state index is 0.252. The molecular formula is C15H26N4O3S. The van der Waals surface area contributed by atoms with Gasteiger partial charge in [0.25, 0.3) is 0 Å². The minimum atomic E-state index is -3.09. The highest BCUT2D eigenvalue weighted by atomic mass is 32.2. The Bertz CT molecular complexity index is 577. The molecule has 1 aromatic carbocycles. The molecule has 0 aliphatic carbocycles. The second-order valence-electron chi connectivity index (χ2n) is 5.76. The smallest absolute Gasteiger partial charge is 0.208 e. The van der Waals surface area contributed by atoms with Gasteiger partial charge in [-0.25, -0.2) is 18.6 Å². The Labute approximate surface area is 138 Å². The number of hydrogen-bond acceptors (Lipinski definition) is 6. The fourth-order valence-corrected chi connectivity index (χ4v) is 3.17. The second kappa shape index (κ2) is 8.60. The van der Waals surface area contributed by atoms with E-state index in [0.717, 1.165) is 31.8 Å². The van der Waals surface area contributed by atoms with Gasteiger partial charge in [0.05, 0.1) is 19.4 Å². The van der Waals surface area contributed by atoms with Gasteiger partial charge in [0.2, 0.25) is 10.0 Å². The van der Waals surface area contributed by atoms with Crippen LogP contribution in [0.4, 0.5) is 0 Å². The molecule has 4 N–H and O–H groups in total. The highest BCUT2D eigenvalue weighted by Crippen LogP contribution is 2.25. The van der Waals surface area contributed by atoms with E-state index in [2.05, 4.69) is 33.0 Å². The van der Waals surface area contributed by atoms with Crippen molar-refractivity contribution in [3.63, 3.8) is 0 Å². The Morgan fingerprint density at radius 1 is 1.26 bits per heavy atom. The van der Waals surface area contributed by atoms with E-state index in [1.165, 1.54) is 11.8 Å². The summed E-state index contributed by atoms with van der Waals surface area (Å²) in [5.74, 6) is 1.29. The summed E-state index contributed by atoms with van der Waals surface area (Å²) in [6.07, 6.45) is 1.95. The monoisotopic (exact) mass is 342 g/mol. The van der Waals surface area contributed by atoms with Crippen LogP contribution in [0.2, 0.25) is 0 Å². The average Bonchev–Trinajstić information content (AvgIpc) is 2.98. The summed E-state index contributed by atoms with van der Waals surface area (Å²) in [5.41, 5.74) is 7.74. The van der Waals surface area contributed by atoms with Gasteiger partial charge >= 0.3 is 0 Å². The third-order valence-corrected chi connectivity index (χ3v) is 4.60. The lowest BCUT2D eigenvalue weighted by Crippen LogP contribution is -2.31. The molecule has 0 bridgehead atoms. The van der Waals surface area contributed by atoms with Crippen LogP contribution in [0.15, 0.2) is 24.3 Å². The third kappa shape index (κ3) is 6.08. The fraction of sp³-hybridized carbons (Fsp3) is 0.600. The van der Waals surface area contributed by atoms with E-state index in [9.17, 15) is 8.42 Å². The first-order valence-electron chi connectivity index (χ1n) is 7.77. The molecule has 1 fully saturated rings. The summed E-state index contributed by atoms with van der Waals surface area (Å²) in [5, 5.41) is 3.40. The molecule has 0 aromatic heterocycles. The van der Waals surface area contributed by atoms with E-state index in [4.69, 9.17) is 4.74 Å². The molecule has 1 saturated heterocycles. The summed E-state index contributed by atoms with van der Waals surface area (Å²) >= 11 is 0. The van der Waals surface area contributed by atoms with Crippen LogP contribution in [0, 0.1) is 5.92 Å². The highest BCUT2D eigenvalue weighted by Gasteiger charge is 2.27. The van der Waals surface area contributed by atoms with Crippen LogP contribution in [0.5, 0.6) is 5.75 Å². The Balaban J connectivity index is 1.73. The van der Waals surface area contributed by atoms with E-state index in [1.54, 1.807) is 7.11 Å². The largest absolute Gasteiger partial charge is 0.497 e. The van der Waals surface area contributed by atoms with Gasteiger partial charge in [-0.05, 0) is 30.7 Å². The average molecular weight is 342 g/mol. The normalized spacial score (nSPS) is 21.5. The van der Waals surface area contributed by atoms with Gasteiger partial charge in [0.15, 0.2) is 0 Å². The van der Waals surface area contributed by atoms with Gasteiger partial charge in [0.1, 0.15) is 5.75 Å². The zero-order chi connectivity index (χ0) is 16.7. The molecule has 2 unspecified atom stereocenters. The summed E-state index contributed by atoms with van der Waals surface area (Å²) in [7, 11) is -1.42. The van der Waals surface area contributed by atoms with Crippen LogP contribution in [-0.4, -0.2) is 48.0 Å². The zero-order valence-electron chi connectivity index (χ0n) is 13.6. The molecule has 130 valence electrons. The van der Waals surface area contributed by atoms with Gasteiger partial charge in [-0.2, -0.15) is 0 Å². The van der Waals surface area contributed by atoms with Crippen LogP contribution >= 0.6 is 0 Å². The minimum Gasteiger partial charge on any atom is -0.497 e. The number of sulfonamides is 1. The molecule has 0 spiro atoms. The van der Waals surface area contributed by atoms with E-state index in [-0.39, 0.29) is 6.04 Å². The molecule has 1 aliphatic heterocycles. The van der Waals surface area contributed by atoms with Crippen molar-refractivity contribution >= 4 is 10.0 Å². The lowest BCUT2D eigenvalue weighted by molar-refractivity contribution is 0.413. The number of nitrogens with one attached hydrogen (secondary N) is 4. The van der Waals surface area contributed by atoms with Crippen molar-refractivity contribution in [2.24, 2.45) is 5.92 Å². The molecule has 2 rings (SSSR count). The molecule has 0 radical (unpaired) electrons. The number of methoxy groups -OCH3 is 1. The van der Waals surface area contributed by atoms with Gasteiger partial charge < -0.3 is 10.1 Å². The summed E-state index contributed by atoms with van der Waals surface area (Å²) in [6.45, 7) is 3.02. The number of hydrazine groups is 1. The topological polar surface area (TPSA) is 91.5 Å². The van der Waals surface area contributed by atoms with Crippen molar-refractivity contribution in [1.29, 1.82) is 0 Å². The maximum atomic E-state index is 11.0. The van der Waals surface area contributed by atoms with Crippen molar-refractivity contribution in [3.05, 3.63) is 29.8 Å². The Morgan fingerprint density at radius 3 is 2.65 bits per heavy atom. The molecular weight excluding hydrogens is 316 g/mol. The number of ether oxygens (including phenoxy) is 1. The molecule has 0 saturated carbocycles. The van der Waals surface area contributed by atoms with Crippen molar-refractivity contribution in [2.45, 2.75) is 12.5 Å². The predicted octanol–water partition coefficient (Wildman–Crippen LogP) is -0.0108. The maximum Gasteiger partial charge on any atom is 0.208 e. The van der Waals surface area contributed by atoms with Crippen molar-refractivity contribution in [2.75, 3.05) is 39.5 Å². The Hall–Kier alpha value is -1.19. The molecule has 1 aliphatic rings. The van der Waals surface area contributed by atoms with E-state index < -0.39 is 10.0 Å². The molecule has 8 heteroatoms. The lowest BCUT2D eigenvalue weighted by Gasteiger charge is -2.19. The molecule has 23 heavy (non-hydrogen) atoms. The standard InChI is InChI=1S/C15H26N4O3S/c1-22-14-6-4-12(5-7-14)15-13(11-17-19-15)10-16-8-3-9-18-23(2,20)21/h4-7,13,15-19H,3,8-11H2,1-2H3. The second-order valence-corrected chi connectivity index (χ2v) is 7.59. The van der Waals surface area contributed by atoms with Crippen molar-refractivity contribution in [3.8, 4) is 5.75 Å². The van der Waals surface area contributed by atoms with E-state index >= 15 is 0 Å². The summed E-state index contributed by atoms with van der Waals surface area (Å²) in [6, 6.07) is 8.34. The van der Waals surface area contributed by atoms with E-state index in [1.807, 2.05) is 12.1 Å². The van der Waals surface area contributed by atoms with Gasteiger partial charge in [0, 0.05) is 25.6 Å². The Morgan fingerprint density at radius 2 is 2.00 bits per heavy atom. The quantitative estimate of drug-likeness (QED) is 0.472. The third-order valence-electron chi connectivity index (χ3n) is 3.87. The molecule has 7 nitrogen and oxygen atoms in total. The predicted molar refractivity (Wildman–Crippen MR) is 90.7 cm³/mol. The molecule has 2 atom stereocenters. The maximum absolute atomic E-state index is 11.0. The van der Waals surface area contributed by atoms with Crippen molar-refractivity contribution in [1.82, 2.24) is 20.9 Å². The van der Waals surface area contributed by atoms with Crippen LogP contribution in [0.25, 0.3) is 0 Å². The van der Waals surface area contributed by atoms with E-state index in [0.29, 0.717) is 12.5 Å². The summed E-state index contributed by atoms with van der Waals surface area (Å²) in [4.78, 5) is 0. The number of rotatable bonds is 9. The van der Waals surface area contributed by atoms with Crippen LogP contribution in [0.1, 0.15) is 18.0 Å². The first-order valence-corrected chi connectivity index (χ1v) is 9.66. The first-order chi connectivity index (χ1) is 11.0. The molecule has 1 heterocycles. The fourth-order valence-electron chi connectivity index (χ4n) is 2.65. The van der Waals surface area contributed by atoms with Gasteiger partial charge in [-0.3, -0.25) is 5.43 Å². The van der Waals surface area contributed by atoms with Crippen molar-refractivity contribution < 1.29 is 13.2 Å². The number of hydrogen-bond donors (Lipinski definition) is 4. The van der Waals surface area contributed by atoms with Crippen LogP contribution in [0.3, 0.4) is 0 Å². The zero-order valence-corrected chi connectivity index (χ0v) is 14.4.